The Labute approximate surface area is 185 Å². The Balaban J connectivity index is 1.53. The summed E-state index contributed by atoms with van der Waals surface area (Å²) in [6, 6.07) is 25.1. The molecule has 0 saturated heterocycles. The third-order valence-electron chi connectivity index (χ3n) is 5.57. The van der Waals surface area contributed by atoms with Gasteiger partial charge >= 0.3 is 0 Å². The lowest BCUT2D eigenvalue weighted by Gasteiger charge is -2.09. The van der Waals surface area contributed by atoms with E-state index in [4.69, 9.17) is 6.11 Å². The van der Waals surface area contributed by atoms with Crippen LogP contribution in [0.5, 0.6) is 17.4 Å². The van der Waals surface area contributed by atoms with Gasteiger partial charge in [-0.05, 0) is 48.9 Å². The van der Waals surface area contributed by atoms with Gasteiger partial charge in [0.25, 0.3) is 0 Å². The number of rotatable bonds is 3. The van der Waals surface area contributed by atoms with Crippen molar-refractivity contribution in [1.82, 2.24) is 14.5 Å². The molecule has 32 heavy (non-hydrogen) atoms. The van der Waals surface area contributed by atoms with Gasteiger partial charge in [-0.3, -0.25) is 4.57 Å². The van der Waals surface area contributed by atoms with Gasteiger partial charge in [0.1, 0.15) is 22.8 Å². The van der Waals surface area contributed by atoms with Gasteiger partial charge in [-0.1, -0.05) is 36.4 Å². The van der Waals surface area contributed by atoms with Crippen LogP contribution in [0.4, 0.5) is 0 Å². The molecule has 5 heteroatoms. The average Bonchev–Trinajstić information content (AvgIpc) is 3.13. The van der Waals surface area contributed by atoms with E-state index in [9.17, 15) is 5.11 Å². The van der Waals surface area contributed by atoms with Crippen LogP contribution in [-0.4, -0.2) is 19.6 Å². The second-order valence-corrected chi connectivity index (χ2v) is 7.75. The molecular weight excluding hydrogens is 398 g/mol. The van der Waals surface area contributed by atoms with Gasteiger partial charge in [0.2, 0.25) is 5.88 Å². The first-order valence-electron chi connectivity index (χ1n) is 10.8. The van der Waals surface area contributed by atoms with Gasteiger partial charge in [-0.2, -0.15) is 0 Å². The van der Waals surface area contributed by atoms with Gasteiger partial charge < -0.3 is 9.84 Å². The lowest BCUT2D eigenvalue weighted by Crippen LogP contribution is -1.97. The molecule has 6 aromatic rings. The Kier molecular flexibility index (Phi) is 3.84. The average molecular weight is 418 g/mol. The third-order valence-corrected chi connectivity index (χ3v) is 5.57. The van der Waals surface area contributed by atoms with E-state index in [2.05, 4.69) is 16.0 Å². The lowest BCUT2D eigenvalue weighted by atomic mass is 10.1. The summed E-state index contributed by atoms with van der Waals surface area (Å²) in [6.45, 7) is 1.93. The minimum absolute atomic E-state index is 0.113. The molecule has 0 bridgehead atoms. The van der Waals surface area contributed by atoms with Gasteiger partial charge in [-0.15, -0.1) is 0 Å². The minimum atomic E-state index is 0.113. The molecule has 3 aromatic heterocycles. The van der Waals surface area contributed by atoms with E-state index in [1.807, 2.05) is 66.1 Å². The van der Waals surface area contributed by atoms with E-state index in [0.717, 1.165) is 32.8 Å². The van der Waals surface area contributed by atoms with E-state index in [1.165, 1.54) is 0 Å². The van der Waals surface area contributed by atoms with Gasteiger partial charge in [0, 0.05) is 34.5 Å². The Morgan fingerprint density at radius 1 is 0.906 bits per heavy atom. The summed E-state index contributed by atoms with van der Waals surface area (Å²) in [5.41, 5.74) is 3.30. The van der Waals surface area contributed by atoms with Crippen molar-refractivity contribution in [2.45, 2.75) is 6.92 Å². The van der Waals surface area contributed by atoms with E-state index in [-0.39, 0.29) is 5.75 Å². The van der Waals surface area contributed by atoms with Crippen LogP contribution < -0.4 is 4.74 Å². The molecule has 0 atom stereocenters. The highest BCUT2D eigenvalue weighted by molar-refractivity contribution is 6.09. The van der Waals surface area contributed by atoms with Crippen molar-refractivity contribution in [3.05, 3.63) is 96.7 Å². The lowest BCUT2D eigenvalue weighted by molar-refractivity contribution is 0.460. The molecule has 0 saturated carbocycles. The summed E-state index contributed by atoms with van der Waals surface area (Å²) in [6.07, 6.45) is 1.78. The van der Waals surface area contributed by atoms with Crippen molar-refractivity contribution in [1.29, 1.82) is 0 Å². The van der Waals surface area contributed by atoms with E-state index >= 15 is 0 Å². The molecule has 5 nitrogen and oxygen atoms in total. The molecule has 3 heterocycles. The number of fused-ring (bicyclic) bond motifs is 4. The van der Waals surface area contributed by atoms with Crippen molar-refractivity contribution in [3.8, 4) is 23.2 Å². The monoisotopic (exact) mass is 418 g/mol. The maximum atomic E-state index is 10.1. The highest BCUT2D eigenvalue weighted by Gasteiger charge is 2.14. The van der Waals surface area contributed by atoms with Crippen LogP contribution in [0.25, 0.3) is 38.5 Å². The van der Waals surface area contributed by atoms with Crippen molar-refractivity contribution < 1.29 is 11.2 Å². The molecule has 0 unspecified atom stereocenters. The first kappa shape index (κ1) is 17.3. The summed E-state index contributed by atoms with van der Waals surface area (Å²) in [4.78, 5) is 9.05. The minimum Gasteiger partial charge on any atom is -0.506 e. The maximum Gasteiger partial charge on any atom is 0.219 e. The molecule has 0 aliphatic carbocycles. The van der Waals surface area contributed by atoms with Crippen LogP contribution in [-0.2, 0) is 0 Å². The quantitative estimate of drug-likeness (QED) is 0.355. The Morgan fingerprint density at radius 2 is 1.78 bits per heavy atom. The second kappa shape index (κ2) is 7.10. The van der Waals surface area contributed by atoms with Gasteiger partial charge in [0.15, 0.2) is 0 Å². The zero-order chi connectivity index (χ0) is 22.5. The van der Waals surface area contributed by atoms with Crippen LogP contribution in [0, 0.1) is 6.92 Å². The van der Waals surface area contributed by atoms with E-state index in [0.29, 0.717) is 29.0 Å². The highest BCUT2D eigenvalue weighted by Crippen LogP contribution is 2.35. The predicted molar refractivity (Wildman–Crippen MR) is 127 cm³/mol. The number of hydrogen-bond donors (Lipinski definition) is 1. The standard InChI is InChI=1S/C27H19N3O2/c1-17-9-13-25(28-16-17)30-22-7-3-2-6-20(22)21-12-11-19(15-23(21)30)32-26-14-10-18-5-4-8-24(31)27(18)29-26/h2-16,31H,1H3/i13D. The number of ether oxygens (including phenoxy) is 1. The number of aryl methyl sites for hydroxylation is 1. The number of pyridine rings is 2. The van der Waals surface area contributed by atoms with E-state index in [1.54, 1.807) is 24.4 Å². The molecule has 0 spiro atoms. The van der Waals surface area contributed by atoms with Crippen LogP contribution in [0.3, 0.4) is 0 Å². The zero-order valence-corrected chi connectivity index (χ0v) is 17.3. The van der Waals surface area contributed by atoms with Crippen LogP contribution in [0.1, 0.15) is 6.93 Å². The fraction of sp³-hybridized carbons (Fsp3) is 0.0370. The molecular formula is C27H19N3O2. The van der Waals surface area contributed by atoms with Crippen molar-refractivity contribution in [2.75, 3.05) is 0 Å². The molecule has 0 fully saturated rings. The molecule has 0 amide bonds. The predicted octanol–water partition coefficient (Wildman–Crippen LogP) is 6.53. The Morgan fingerprint density at radius 3 is 2.69 bits per heavy atom. The van der Waals surface area contributed by atoms with Crippen LogP contribution in [0.2, 0.25) is 0 Å². The fourth-order valence-corrected chi connectivity index (χ4v) is 4.07. The van der Waals surface area contributed by atoms with Gasteiger partial charge in [-0.25, -0.2) is 9.97 Å². The topological polar surface area (TPSA) is 60.2 Å². The number of phenolic OH excluding ortho intramolecular Hbond substituents is 1. The molecule has 3 aromatic carbocycles. The summed E-state index contributed by atoms with van der Waals surface area (Å²) in [5.74, 6) is 1.67. The molecule has 0 aliphatic rings. The normalized spacial score (nSPS) is 11.8. The third kappa shape index (κ3) is 2.94. The molecule has 0 aliphatic heterocycles. The number of benzene rings is 3. The Bertz CT molecular complexity index is 1690. The first-order chi connectivity index (χ1) is 16.1. The number of aromatic hydroxyl groups is 1. The maximum absolute atomic E-state index is 10.1. The molecule has 154 valence electrons. The van der Waals surface area contributed by atoms with Crippen molar-refractivity contribution >= 4 is 32.7 Å². The Hall–Kier alpha value is -4.38. The summed E-state index contributed by atoms with van der Waals surface area (Å²) < 4.78 is 16.6. The first-order valence-corrected chi connectivity index (χ1v) is 10.3. The van der Waals surface area contributed by atoms with Crippen LogP contribution >= 0.6 is 0 Å². The number of phenols is 1. The highest BCUT2D eigenvalue weighted by atomic mass is 16.5. The zero-order valence-electron chi connectivity index (χ0n) is 18.3. The number of para-hydroxylation sites is 2. The summed E-state index contributed by atoms with van der Waals surface area (Å²) >= 11 is 0. The number of nitrogens with zero attached hydrogens (tertiary/aromatic N) is 3. The summed E-state index contributed by atoms with van der Waals surface area (Å²) in [5, 5.41) is 13.1. The number of hydrogen-bond acceptors (Lipinski definition) is 4. The number of aromatic nitrogens is 3. The second-order valence-electron chi connectivity index (χ2n) is 7.75. The smallest absolute Gasteiger partial charge is 0.219 e. The SMILES string of the molecule is [2H]c1cc(C)cnc1-n1c2ccccc2c2ccc(Oc3ccc4cccc(O)c4n3)cc21. The fourth-order valence-electron chi connectivity index (χ4n) is 4.07. The van der Waals surface area contributed by atoms with E-state index < -0.39 is 0 Å². The van der Waals surface area contributed by atoms with Crippen LogP contribution in [0.15, 0.2) is 91.1 Å². The largest absolute Gasteiger partial charge is 0.506 e. The van der Waals surface area contributed by atoms with Crippen molar-refractivity contribution in [3.63, 3.8) is 0 Å². The molecule has 6 rings (SSSR count). The molecule has 1 N–H and O–H groups in total. The van der Waals surface area contributed by atoms with Crippen molar-refractivity contribution in [2.24, 2.45) is 0 Å². The molecule has 0 radical (unpaired) electrons. The van der Waals surface area contributed by atoms with Gasteiger partial charge in [0.05, 0.1) is 12.4 Å². The summed E-state index contributed by atoms with van der Waals surface area (Å²) in [7, 11) is 0.